The van der Waals surface area contributed by atoms with Gasteiger partial charge in [-0.1, -0.05) is 31.2 Å². The third-order valence-electron chi connectivity index (χ3n) is 4.10. The number of nitrogens with zero attached hydrogens (tertiary/aromatic N) is 2. The lowest BCUT2D eigenvalue weighted by atomic mass is 10.0. The van der Waals surface area contributed by atoms with Crippen molar-refractivity contribution in [3.63, 3.8) is 0 Å². The number of hydrogen-bond donors (Lipinski definition) is 0. The quantitative estimate of drug-likeness (QED) is 0.494. The Morgan fingerprint density at radius 3 is 2.11 bits per heavy atom. The molecule has 1 heterocycles. The lowest BCUT2D eigenvalue weighted by Gasteiger charge is -2.08. The molecule has 0 saturated heterocycles. The minimum Gasteiger partial charge on any atom is -0.236 e. The molecule has 7 heteroatoms. The fraction of sp³-hybridized carbons (Fsp3) is 0.143. The van der Waals surface area contributed by atoms with Crippen molar-refractivity contribution in [3.8, 4) is 22.5 Å². The molecule has 1 aromatic heterocycles. The van der Waals surface area contributed by atoms with Crippen LogP contribution in [0.5, 0.6) is 0 Å². The lowest BCUT2D eigenvalue weighted by molar-refractivity contribution is -0.0790. The Balaban J connectivity index is 1.89. The second-order valence-corrected chi connectivity index (χ2v) is 6.07. The van der Waals surface area contributed by atoms with Gasteiger partial charge in [-0.05, 0) is 35.8 Å². The summed E-state index contributed by atoms with van der Waals surface area (Å²) in [6, 6.07) is 7.85. The van der Waals surface area contributed by atoms with Crippen LogP contribution in [0.2, 0.25) is 0 Å². The molecule has 3 aromatic rings. The van der Waals surface area contributed by atoms with Gasteiger partial charge >= 0.3 is 6.18 Å². The molecule has 144 valence electrons. The molecule has 0 radical (unpaired) electrons. The van der Waals surface area contributed by atoms with E-state index in [1.807, 2.05) is 6.92 Å². The van der Waals surface area contributed by atoms with Gasteiger partial charge in [0.15, 0.2) is 5.82 Å². The molecule has 2 aromatic carbocycles. The molecule has 28 heavy (non-hydrogen) atoms. The summed E-state index contributed by atoms with van der Waals surface area (Å²) in [6.07, 6.45) is 0.158. The molecule has 0 bridgehead atoms. The normalized spacial score (nSPS) is 11.9. The average Bonchev–Trinajstić information content (AvgIpc) is 2.66. The largest absolute Gasteiger partial charge is 0.409 e. The smallest absolute Gasteiger partial charge is 0.236 e. The van der Waals surface area contributed by atoms with E-state index < -0.39 is 17.8 Å². The van der Waals surface area contributed by atoms with Crippen molar-refractivity contribution >= 4 is 6.08 Å². The Kier molecular flexibility index (Phi) is 5.53. The van der Waals surface area contributed by atoms with E-state index in [2.05, 4.69) is 9.97 Å². The monoisotopic (exact) mass is 390 g/mol. The molecule has 0 amide bonds. The molecule has 0 atom stereocenters. The van der Waals surface area contributed by atoms with Crippen LogP contribution in [-0.4, -0.2) is 16.1 Å². The highest BCUT2D eigenvalue weighted by Gasteiger charge is 2.22. The summed E-state index contributed by atoms with van der Waals surface area (Å²) in [5.74, 6) is -1.12. The fourth-order valence-electron chi connectivity index (χ4n) is 2.59. The number of aromatic nitrogens is 2. The minimum atomic E-state index is -4.54. The molecule has 2 nitrogen and oxygen atoms in total. The van der Waals surface area contributed by atoms with Gasteiger partial charge in [-0.3, -0.25) is 0 Å². The summed E-state index contributed by atoms with van der Waals surface area (Å²) in [7, 11) is 0. The van der Waals surface area contributed by atoms with Crippen LogP contribution in [0.15, 0.2) is 54.9 Å². The molecule has 0 aliphatic carbocycles. The van der Waals surface area contributed by atoms with E-state index in [9.17, 15) is 22.0 Å². The van der Waals surface area contributed by atoms with Crippen LogP contribution < -0.4 is 0 Å². The number of aryl methyl sites for hydroxylation is 1. The Hall–Kier alpha value is -3.09. The molecular weight excluding hydrogens is 375 g/mol. The predicted octanol–water partition coefficient (Wildman–Crippen LogP) is 6.23. The van der Waals surface area contributed by atoms with Crippen molar-refractivity contribution in [2.24, 2.45) is 0 Å². The van der Waals surface area contributed by atoms with E-state index in [0.29, 0.717) is 17.5 Å². The molecular formula is C21H15F5N2. The van der Waals surface area contributed by atoms with Crippen molar-refractivity contribution in [1.29, 1.82) is 0 Å². The van der Waals surface area contributed by atoms with Crippen LogP contribution >= 0.6 is 0 Å². The standard InChI is InChI=1S/C21H15F5N2/c1-2-13-11-27-20(28-12-13)16-5-6-17(19(23)10-16)15-4-3-14(18(22)9-15)7-8-21(24,25)26/h3-12H,2H2,1H3/b8-7+. The highest BCUT2D eigenvalue weighted by Crippen LogP contribution is 2.29. The zero-order valence-corrected chi connectivity index (χ0v) is 14.8. The van der Waals surface area contributed by atoms with E-state index >= 15 is 0 Å². The van der Waals surface area contributed by atoms with E-state index in [0.717, 1.165) is 18.1 Å². The van der Waals surface area contributed by atoms with Gasteiger partial charge in [0.2, 0.25) is 0 Å². The van der Waals surface area contributed by atoms with Crippen LogP contribution in [0.25, 0.3) is 28.6 Å². The number of rotatable bonds is 4. The number of alkyl halides is 3. The van der Waals surface area contributed by atoms with Crippen LogP contribution in [-0.2, 0) is 6.42 Å². The van der Waals surface area contributed by atoms with Crippen LogP contribution in [0, 0.1) is 11.6 Å². The number of allylic oxidation sites excluding steroid dienone is 1. The Morgan fingerprint density at radius 1 is 0.893 bits per heavy atom. The minimum absolute atomic E-state index is 0.0513. The first-order valence-corrected chi connectivity index (χ1v) is 8.43. The SMILES string of the molecule is CCc1cnc(-c2ccc(-c3ccc(/C=C/C(F)(F)F)c(F)c3)c(F)c2)nc1. The van der Waals surface area contributed by atoms with Gasteiger partial charge in [0.25, 0.3) is 0 Å². The van der Waals surface area contributed by atoms with E-state index in [1.54, 1.807) is 18.5 Å². The second-order valence-electron chi connectivity index (χ2n) is 6.07. The zero-order chi connectivity index (χ0) is 20.3. The van der Waals surface area contributed by atoms with Gasteiger partial charge in [0, 0.05) is 35.2 Å². The maximum absolute atomic E-state index is 14.6. The molecule has 0 N–H and O–H groups in total. The van der Waals surface area contributed by atoms with Gasteiger partial charge in [0.05, 0.1) is 0 Å². The van der Waals surface area contributed by atoms with E-state index in [4.69, 9.17) is 0 Å². The molecule has 0 fully saturated rings. The first-order chi connectivity index (χ1) is 13.3. The van der Waals surface area contributed by atoms with Crippen molar-refractivity contribution in [1.82, 2.24) is 9.97 Å². The fourth-order valence-corrected chi connectivity index (χ4v) is 2.59. The lowest BCUT2D eigenvalue weighted by Crippen LogP contribution is -2.00. The maximum atomic E-state index is 14.6. The van der Waals surface area contributed by atoms with Gasteiger partial charge in [0.1, 0.15) is 11.6 Å². The summed E-state index contributed by atoms with van der Waals surface area (Å²) in [5.41, 5.74) is 1.53. The summed E-state index contributed by atoms with van der Waals surface area (Å²) in [5, 5.41) is 0. The van der Waals surface area contributed by atoms with E-state index in [-0.39, 0.29) is 22.8 Å². The van der Waals surface area contributed by atoms with Gasteiger partial charge in [-0.2, -0.15) is 13.2 Å². The Bertz CT molecular complexity index is 1010. The van der Waals surface area contributed by atoms with Crippen molar-refractivity contribution in [2.45, 2.75) is 19.5 Å². The summed E-state index contributed by atoms with van der Waals surface area (Å²) in [6.45, 7) is 1.97. The number of halogens is 5. The molecule has 0 saturated carbocycles. The first kappa shape index (κ1) is 19.7. The van der Waals surface area contributed by atoms with Crippen molar-refractivity contribution in [2.75, 3.05) is 0 Å². The Labute approximate surface area is 158 Å². The zero-order valence-electron chi connectivity index (χ0n) is 14.8. The maximum Gasteiger partial charge on any atom is 0.409 e. The molecule has 3 rings (SSSR count). The van der Waals surface area contributed by atoms with Gasteiger partial charge in [-0.25, -0.2) is 18.7 Å². The van der Waals surface area contributed by atoms with E-state index in [1.165, 1.54) is 24.3 Å². The topological polar surface area (TPSA) is 25.8 Å². The number of benzene rings is 2. The Morgan fingerprint density at radius 2 is 1.54 bits per heavy atom. The summed E-state index contributed by atoms with van der Waals surface area (Å²) in [4.78, 5) is 8.38. The van der Waals surface area contributed by atoms with Gasteiger partial charge in [-0.15, -0.1) is 0 Å². The third-order valence-corrected chi connectivity index (χ3v) is 4.10. The van der Waals surface area contributed by atoms with Crippen molar-refractivity contribution in [3.05, 3.63) is 77.6 Å². The van der Waals surface area contributed by atoms with Crippen molar-refractivity contribution < 1.29 is 22.0 Å². The van der Waals surface area contributed by atoms with Crippen LogP contribution in [0.1, 0.15) is 18.1 Å². The third kappa shape index (κ3) is 4.60. The molecule has 0 aliphatic rings. The predicted molar refractivity (Wildman–Crippen MR) is 97.3 cm³/mol. The molecule has 0 aliphatic heterocycles. The summed E-state index contributed by atoms with van der Waals surface area (Å²) >= 11 is 0. The van der Waals surface area contributed by atoms with Gasteiger partial charge < -0.3 is 0 Å². The molecule has 0 spiro atoms. The summed E-state index contributed by atoms with van der Waals surface area (Å²) < 4.78 is 65.3. The first-order valence-electron chi connectivity index (χ1n) is 8.43. The highest BCUT2D eigenvalue weighted by atomic mass is 19.4. The average molecular weight is 390 g/mol. The number of hydrogen-bond acceptors (Lipinski definition) is 2. The molecule has 0 unspecified atom stereocenters. The highest BCUT2D eigenvalue weighted by molar-refractivity contribution is 5.70. The second kappa shape index (κ2) is 7.88. The van der Waals surface area contributed by atoms with Crippen LogP contribution in [0.3, 0.4) is 0 Å². The van der Waals surface area contributed by atoms with Crippen LogP contribution in [0.4, 0.5) is 22.0 Å².